The number of carboxylic acid groups (broad SMARTS) is 1. The first-order valence-corrected chi connectivity index (χ1v) is 7.09. The molecule has 0 rings (SSSR count). The second-order valence-electron chi connectivity index (χ2n) is 3.86. The largest absolute Gasteiger partial charge is 0.480 e. The van der Waals surface area contributed by atoms with Gasteiger partial charge in [0.1, 0.15) is 6.54 Å². The summed E-state index contributed by atoms with van der Waals surface area (Å²) in [4.78, 5) is 10.4. The minimum Gasteiger partial charge on any atom is -0.480 e. The van der Waals surface area contributed by atoms with Crippen molar-refractivity contribution in [2.24, 2.45) is 0 Å². The maximum Gasteiger partial charge on any atom is 0.388 e. The van der Waals surface area contributed by atoms with Crippen LogP contribution >= 0.6 is 19.8 Å². The van der Waals surface area contributed by atoms with Crippen molar-refractivity contribution in [3.8, 4) is 0 Å². The maximum absolute atomic E-state index is 12.3. The Morgan fingerprint density at radius 2 is 1.71 bits per heavy atom. The fourth-order valence-corrected chi connectivity index (χ4v) is 2.88. The minimum atomic E-state index is -3.62. The lowest BCUT2D eigenvalue weighted by Crippen LogP contribution is -2.30. The molecule has 0 aromatic carbocycles. The summed E-state index contributed by atoms with van der Waals surface area (Å²) < 4.78 is 22.5. The Kier molecular flexibility index (Phi) is 6.85. The van der Waals surface area contributed by atoms with E-state index in [9.17, 15) is 9.36 Å². The predicted octanol–water partition coefficient (Wildman–Crippen LogP) is 1.99. The summed E-state index contributed by atoms with van der Waals surface area (Å²) in [6, 6.07) is 0. The summed E-state index contributed by atoms with van der Waals surface area (Å²) in [5.74, 6) is -1.10. The molecule has 0 aliphatic heterocycles. The van der Waals surface area contributed by atoms with Crippen molar-refractivity contribution in [1.82, 2.24) is 5.32 Å². The van der Waals surface area contributed by atoms with Crippen molar-refractivity contribution in [3.05, 3.63) is 0 Å². The quantitative estimate of drug-likeness (QED) is 0.546. The second-order valence-corrected chi connectivity index (χ2v) is 6.43. The van der Waals surface area contributed by atoms with Gasteiger partial charge >= 0.3 is 13.6 Å². The SMILES string of the molecule is CC(C)OP(=O)(OC(C)C)C(=S)NCC(=O)O. The Labute approximate surface area is 106 Å². The molecule has 0 spiro atoms. The van der Waals surface area contributed by atoms with Crippen molar-refractivity contribution >= 4 is 30.5 Å². The molecular weight excluding hydrogens is 265 g/mol. The number of hydrogen-bond acceptors (Lipinski definition) is 5. The van der Waals surface area contributed by atoms with E-state index in [0.717, 1.165) is 0 Å². The summed E-state index contributed by atoms with van der Waals surface area (Å²) in [6.45, 7) is 6.34. The van der Waals surface area contributed by atoms with E-state index in [4.69, 9.17) is 26.4 Å². The first kappa shape index (κ1) is 16.5. The van der Waals surface area contributed by atoms with Crippen LogP contribution in [-0.2, 0) is 18.4 Å². The zero-order chi connectivity index (χ0) is 13.6. The molecule has 0 radical (unpaired) electrons. The number of rotatable bonds is 7. The van der Waals surface area contributed by atoms with E-state index < -0.39 is 20.1 Å². The number of hydrogen-bond donors (Lipinski definition) is 2. The third-order valence-corrected chi connectivity index (χ3v) is 4.21. The van der Waals surface area contributed by atoms with Crippen molar-refractivity contribution in [3.63, 3.8) is 0 Å². The molecule has 100 valence electrons. The molecule has 2 N–H and O–H groups in total. The highest BCUT2D eigenvalue weighted by Crippen LogP contribution is 2.51. The maximum atomic E-state index is 12.3. The summed E-state index contributed by atoms with van der Waals surface area (Å²) in [7, 11) is -3.62. The number of carbonyl (C=O) groups is 1. The lowest BCUT2D eigenvalue weighted by molar-refractivity contribution is -0.135. The molecule has 0 aliphatic carbocycles. The lowest BCUT2D eigenvalue weighted by atomic mass is 10.5. The van der Waals surface area contributed by atoms with Gasteiger partial charge in [-0.2, -0.15) is 0 Å². The number of carboxylic acids is 1. The average Bonchev–Trinajstić information content (AvgIpc) is 2.10. The van der Waals surface area contributed by atoms with E-state index in [1.807, 2.05) is 0 Å². The molecule has 0 bridgehead atoms. The molecule has 0 heterocycles. The standard InChI is InChI=1S/C9H18NO5PS/c1-6(2)14-16(13,15-7(3)4)9(17)10-5-8(11)12/h6-7H,5H2,1-4H3,(H,10,17)(H,11,12). The zero-order valence-electron chi connectivity index (χ0n) is 10.3. The zero-order valence-corrected chi connectivity index (χ0v) is 12.0. The van der Waals surface area contributed by atoms with Crippen LogP contribution in [0.5, 0.6) is 0 Å². The van der Waals surface area contributed by atoms with Gasteiger partial charge in [0.25, 0.3) is 0 Å². The van der Waals surface area contributed by atoms with E-state index >= 15 is 0 Å². The van der Waals surface area contributed by atoms with Crippen molar-refractivity contribution in [2.45, 2.75) is 39.9 Å². The molecule has 0 amide bonds. The molecule has 0 aliphatic rings. The third-order valence-electron chi connectivity index (χ3n) is 1.34. The molecule has 0 saturated carbocycles. The topological polar surface area (TPSA) is 84.9 Å². The highest BCUT2D eigenvalue weighted by Gasteiger charge is 2.33. The van der Waals surface area contributed by atoms with Crippen LogP contribution < -0.4 is 5.32 Å². The monoisotopic (exact) mass is 283 g/mol. The smallest absolute Gasteiger partial charge is 0.388 e. The van der Waals surface area contributed by atoms with Crippen LogP contribution in [0.4, 0.5) is 0 Å². The molecule has 0 saturated heterocycles. The summed E-state index contributed by atoms with van der Waals surface area (Å²) >= 11 is 4.86. The fourth-order valence-electron chi connectivity index (χ4n) is 0.924. The normalized spacial score (nSPS) is 11.9. The van der Waals surface area contributed by atoms with Crippen LogP contribution in [-0.4, -0.2) is 34.6 Å². The van der Waals surface area contributed by atoms with Gasteiger partial charge in [-0.15, -0.1) is 0 Å². The molecule has 8 heteroatoms. The van der Waals surface area contributed by atoms with Crippen molar-refractivity contribution < 1.29 is 23.5 Å². The van der Waals surface area contributed by atoms with Gasteiger partial charge in [-0.3, -0.25) is 9.36 Å². The van der Waals surface area contributed by atoms with Gasteiger partial charge in [-0.25, -0.2) is 0 Å². The Hall–Kier alpha value is -0.490. The molecule has 0 aromatic rings. The van der Waals surface area contributed by atoms with E-state index in [1.54, 1.807) is 27.7 Å². The summed E-state index contributed by atoms with van der Waals surface area (Å²) in [5, 5.41) is 10.9. The van der Waals surface area contributed by atoms with E-state index in [0.29, 0.717) is 0 Å². The van der Waals surface area contributed by atoms with Crippen LogP contribution in [0.1, 0.15) is 27.7 Å². The highest BCUT2D eigenvalue weighted by atomic mass is 32.1. The van der Waals surface area contributed by atoms with Crippen LogP contribution in [0.25, 0.3) is 0 Å². The predicted molar refractivity (Wildman–Crippen MR) is 68.3 cm³/mol. The van der Waals surface area contributed by atoms with Gasteiger partial charge < -0.3 is 19.5 Å². The van der Waals surface area contributed by atoms with Gasteiger partial charge in [-0.05, 0) is 27.7 Å². The van der Waals surface area contributed by atoms with Gasteiger partial charge in [0.2, 0.25) is 0 Å². The summed E-state index contributed by atoms with van der Waals surface area (Å²) in [6.07, 6.45) is -0.687. The second kappa shape index (κ2) is 7.06. The Morgan fingerprint density at radius 3 is 2.00 bits per heavy atom. The highest BCUT2D eigenvalue weighted by molar-refractivity contribution is 7.97. The number of aliphatic carboxylic acids is 1. The van der Waals surface area contributed by atoms with Gasteiger partial charge in [0.15, 0.2) is 4.73 Å². The Balaban J connectivity index is 4.72. The van der Waals surface area contributed by atoms with Crippen molar-refractivity contribution in [2.75, 3.05) is 6.54 Å². The Morgan fingerprint density at radius 1 is 1.29 bits per heavy atom. The fraction of sp³-hybridized carbons (Fsp3) is 0.778. The first-order chi connectivity index (χ1) is 7.67. The minimum absolute atomic E-state index is 0.206. The molecule has 17 heavy (non-hydrogen) atoms. The van der Waals surface area contributed by atoms with Crippen LogP contribution in [0.2, 0.25) is 0 Å². The molecule has 0 fully saturated rings. The number of nitrogens with one attached hydrogen (secondary N) is 1. The van der Waals surface area contributed by atoms with Crippen LogP contribution in [0, 0.1) is 0 Å². The van der Waals surface area contributed by atoms with Gasteiger partial charge in [-0.1, -0.05) is 12.2 Å². The molecule has 0 atom stereocenters. The van der Waals surface area contributed by atoms with Crippen molar-refractivity contribution in [1.29, 1.82) is 0 Å². The molecular formula is C9H18NO5PS. The average molecular weight is 283 g/mol. The summed E-state index contributed by atoms with van der Waals surface area (Å²) in [5.41, 5.74) is 0. The number of thiocarbonyl (C=S) groups is 1. The molecule has 0 unspecified atom stereocenters. The third kappa shape index (κ3) is 6.73. The van der Waals surface area contributed by atoms with Gasteiger partial charge in [0.05, 0.1) is 12.2 Å². The van der Waals surface area contributed by atoms with Crippen LogP contribution in [0.3, 0.4) is 0 Å². The van der Waals surface area contributed by atoms with E-state index in [-0.39, 0.29) is 16.9 Å². The van der Waals surface area contributed by atoms with Crippen LogP contribution in [0.15, 0.2) is 0 Å². The van der Waals surface area contributed by atoms with E-state index in [1.165, 1.54) is 0 Å². The molecule has 0 aromatic heterocycles. The lowest BCUT2D eigenvalue weighted by Gasteiger charge is -2.23. The van der Waals surface area contributed by atoms with Gasteiger partial charge in [0, 0.05) is 0 Å². The van der Waals surface area contributed by atoms with E-state index in [2.05, 4.69) is 5.32 Å². The Bertz CT molecular complexity index is 317. The first-order valence-electron chi connectivity index (χ1n) is 5.14. The molecule has 6 nitrogen and oxygen atoms in total.